The van der Waals surface area contributed by atoms with Crippen molar-refractivity contribution in [3.05, 3.63) is 40.8 Å². The van der Waals surface area contributed by atoms with Gasteiger partial charge in [-0.1, -0.05) is 18.2 Å². The summed E-state index contributed by atoms with van der Waals surface area (Å²) in [5.74, 6) is 0.0373. The molecule has 2 amide bonds. The standard InChI is InChI=1S/C20H23N5O3/c1-23-20(28)19-15(12-22-23)14-6-2-3-7-16(14)25(19)13-17(26)21-9-5-11-24-10-4-8-18(24)27/h2-3,6-7,12H,4-5,8-11,13H2,1H3,(H,21,26). The van der Waals surface area contributed by atoms with Gasteiger partial charge in [0.2, 0.25) is 11.8 Å². The van der Waals surface area contributed by atoms with Gasteiger partial charge in [-0.25, -0.2) is 4.68 Å². The smallest absolute Gasteiger partial charge is 0.291 e. The van der Waals surface area contributed by atoms with Gasteiger partial charge >= 0.3 is 0 Å². The molecule has 2 aromatic heterocycles. The summed E-state index contributed by atoms with van der Waals surface area (Å²) in [6.45, 7) is 2.04. The number of benzene rings is 1. The lowest BCUT2D eigenvalue weighted by Crippen LogP contribution is -2.32. The molecule has 0 unspecified atom stereocenters. The maximum Gasteiger partial charge on any atom is 0.291 e. The van der Waals surface area contributed by atoms with Crippen LogP contribution in [0.25, 0.3) is 21.8 Å². The summed E-state index contributed by atoms with van der Waals surface area (Å²) >= 11 is 0. The van der Waals surface area contributed by atoms with Crippen molar-refractivity contribution in [2.24, 2.45) is 7.05 Å². The van der Waals surface area contributed by atoms with Crippen molar-refractivity contribution in [2.45, 2.75) is 25.8 Å². The highest BCUT2D eigenvalue weighted by Gasteiger charge is 2.19. The Balaban J connectivity index is 1.50. The van der Waals surface area contributed by atoms with Gasteiger partial charge in [-0.3, -0.25) is 14.4 Å². The number of likely N-dealkylation sites (tertiary alicyclic amines) is 1. The summed E-state index contributed by atoms with van der Waals surface area (Å²) in [4.78, 5) is 38.6. The van der Waals surface area contributed by atoms with Crippen LogP contribution in [-0.2, 0) is 23.2 Å². The lowest BCUT2D eigenvalue weighted by molar-refractivity contribution is -0.127. The number of carbonyl (C=O) groups is 2. The van der Waals surface area contributed by atoms with Crippen molar-refractivity contribution < 1.29 is 9.59 Å². The van der Waals surface area contributed by atoms with Gasteiger partial charge in [0.25, 0.3) is 5.56 Å². The largest absolute Gasteiger partial charge is 0.354 e. The van der Waals surface area contributed by atoms with E-state index in [2.05, 4.69) is 10.4 Å². The van der Waals surface area contributed by atoms with Crippen LogP contribution in [0.15, 0.2) is 35.3 Å². The highest BCUT2D eigenvalue weighted by Crippen LogP contribution is 2.25. The number of aryl methyl sites for hydroxylation is 1. The number of nitrogens with one attached hydrogen (secondary N) is 1. The summed E-state index contributed by atoms with van der Waals surface area (Å²) in [5, 5.41) is 8.67. The zero-order valence-corrected chi connectivity index (χ0v) is 15.9. The van der Waals surface area contributed by atoms with E-state index in [1.165, 1.54) is 4.68 Å². The number of para-hydroxylation sites is 1. The van der Waals surface area contributed by atoms with Gasteiger partial charge in [-0.15, -0.1) is 0 Å². The first kappa shape index (κ1) is 18.2. The Morgan fingerprint density at radius 1 is 1.21 bits per heavy atom. The lowest BCUT2D eigenvalue weighted by Gasteiger charge is -2.15. The third-order valence-electron chi connectivity index (χ3n) is 5.27. The molecule has 3 heterocycles. The molecule has 1 aliphatic heterocycles. The van der Waals surface area contributed by atoms with Crippen LogP contribution in [-0.4, -0.2) is 50.7 Å². The maximum atomic E-state index is 12.6. The normalized spacial score (nSPS) is 14.3. The number of hydrogen-bond acceptors (Lipinski definition) is 4. The second-order valence-electron chi connectivity index (χ2n) is 7.13. The molecule has 0 spiro atoms. The molecule has 0 radical (unpaired) electrons. The molecule has 0 aliphatic carbocycles. The molecule has 8 heteroatoms. The number of carbonyl (C=O) groups excluding carboxylic acids is 2. The minimum absolute atomic E-state index is 0.0614. The first-order chi connectivity index (χ1) is 13.6. The van der Waals surface area contributed by atoms with E-state index in [0.29, 0.717) is 25.0 Å². The van der Waals surface area contributed by atoms with Gasteiger partial charge in [-0.2, -0.15) is 5.10 Å². The molecule has 3 aromatic rings. The first-order valence-corrected chi connectivity index (χ1v) is 9.54. The van der Waals surface area contributed by atoms with Crippen molar-refractivity contribution in [3.63, 3.8) is 0 Å². The molecule has 1 N–H and O–H groups in total. The molecule has 1 aliphatic rings. The van der Waals surface area contributed by atoms with E-state index >= 15 is 0 Å². The SMILES string of the molecule is Cn1ncc2c3ccccc3n(CC(=O)NCCCN3CCCC3=O)c2c1=O. The molecule has 28 heavy (non-hydrogen) atoms. The molecule has 0 atom stereocenters. The van der Waals surface area contributed by atoms with Crippen LogP contribution in [0.2, 0.25) is 0 Å². The molecular formula is C20H23N5O3. The second-order valence-corrected chi connectivity index (χ2v) is 7.13. The first-order valence-electron chi connectivity index (χ1n) is 9.54. The van der Waals surface area contributed by atoms with Gasteiger partial charge in [0.05, 0.1) is 6.20 Å². The van der Waals surface area contributed by atoms with Crippen LogP contribution in [0, 0.1) is 0 Å². The fourth-order valence-corrected chi connectivity index (χ4v) is 3.84. The van der Waals surface area contributed by atoms with E-state index in [1.54, 1.807) is 17.8 Å². The Morgan fingerprint density at radius 2 is 2.04 bits per heavy atom. The second kappa shape index (κ2) is 7.46. The predicted molar refractivity (Wildman–Crippen MR) is 106 cm³/mol. The number of rotatable bonds is 6. The van der Waals surface area contributed by atoms with E-state index in [-0.39, 0.29) is 23.9 Å². The number of fused-ring (bicyclic) bond motifs is 3. The van der Waals surface area contributed by atoms with Crippen LogP contribution >= 0.6 is 0 Å². The third-order valence-corrected chi connectivity index (χ3v) is 5.27. The zero-order chi connectivity index (χ0) is 19.7. The molecule has 1 saturated heterocycles. The Morgan fingerprint density at radius 3 is 2.82 bits per heavy atom. The van der Waals surface area contributed by atoms with Crippen LogP contribution in [0.5, 0.6) is 0 Å². The fraction of sp³-hybridized carbons (Fsp3) is 0.400. The van der Waals surface area contributed by atoms with Crippen molar-refractivity contribution in [1.82, 2.24) is 24.6 Å². The monoisotopic (exact) mass is 381 g/mol. The van der Waals surface area contributed by atoms with Gasteiger partial charge < -0.3 is 14.8 Å². The Kier molecular flexibility index (Phi) is 4.85. The van der Waals surface area contributed by atoms with Crippen molar-refractivity contribution >= 4 is 33.6 Å². The molecule has 8 nitrogen and oxygen atoms in total. The summed E-state index contributed by atoms with van der Waals surface area (Å²) in [5.41, 5.74) is 1.09. The number of hydrogen-bond donors (Lipinski definition) is 1. The predicted octanol–water partition coefficient (Wildman–Crippen LogP) is 1.02. The van der Waals surface area contributed by atoms with Crippen LogP contribution < -0.4 is 10.9 Å². The average Bonchev–Trinajstić information content (AvgIpc) is 3.24. The summed E-state index contributed by atoms with van der Waals surface area (Å²) in [6.07, 6.45) is 3.93. The van der Waals surface area contributed by atoms with Gasteiger partial charge in [0, 0.05) is 49.4 Å². The number of amides is 2. The quantitative estimate of drug-likeness (QED) is 0.646. The molecule has 1 fully saturated rings. The van der Waals surface area contributed by atoms with Crippen LogP contribution in [0.3, 0.4) is 0 Å². The summed E-state index contributed by atoms with van der Waals surface area (Å²) in [7, 11) is 1.60. The topological polar surface area (TPSA) is 89.2 Å². The molecule has 0 bridgehead atoms. The molecule has 1 aromatic carbocycles. The Labute approximate surface area is 161 Å². The molecular weight excluding hydrogens is 358 g/mol. The highest BCUT2D eigenvalue weighted by atomic mass is 16.2. The van der Waals surface area contributed by atoms with Crippen LogP contribution in [0.4, 0.5) is 0 Å². The van der Waals surface area contributed by atoms with E-state index in [1.807, 2.05) is 29.2 Å². The van der Waals surface area contributed by atoms with Gasteiger partial charge in [0.15, 0.2) is 0 Å². The van der Waals surface area contributed by atoms with Gasteiger partial charge in [0.1, 0.15) is 12.1 Å². The van der Waals surface area contributed by atoms with E-state index < -0.39 is 0 Å². The Bertz CT molecular complexity index is 1110. The zero-order valence-electron chi connectivity index (χ0n) is 15.9. The van der Waals surface area contributed by atoms with Crippen molar-refractivity contribution in [1.29, 1.82) is 0 Å². The fourth-order valence-electron chi connectivity index (χ4n) is 3.84. The molecule has 4 rings (SSSR count). The summed E-state index contributed by atoms with van der Waals surface area (Å²) in [6, 6.07) is 7.63. The molecule has 0 saturated carbocycles. The van der Waals surface area contributed by atoms with Crippen molar-refractivity contribution in [3.8, 4) is 0 Å². The van der Waals surface area contributed by atoms with Crippen molar-refractivity contribution in [2.75, 3.05) is 19.6 Å². The number of aromatic nitrogens is 3. The lowest BCUT2D eigenvalue weighted by atomic mass is 10.2. The van der Waals surface area contributed by atoms with Gasteiger partial charge in [-0.05, 0) is 18.9 Å². The number of nitrogens with zero attached hydrogens (tertiary/aromatic N) is 4. The average molecular weight is 381 g/mol. The minimum Gasteiger partial charge on any atom is -0.354 e. The van der Waals surface area contributed by atoms with E-state index in [9.17, 15) is 14.4 Å². The molecule has 146 valence electrons. The maximum absolute atomic E-state index is 12.6. The minimum atomic E-state index is -0.228. The van der Waals surface area contributed by atoms with Crippen LogP contribution in [0.1, 0.15) is 19.3 Å². The van der Waals surface area contributed by atoms with E-state index in [0.717, 1.165) is 35.7 Å². The Hall–Kier alpha value is -3.16. The third kappa shape index (κ3) is 3.26. The highest BCUT2D eigenvalue weighted by molar-refractivity contribution is 6.07. The summed E-state index contributed by atoms with van der Waals surface area (Å²) < 4.78 is 3.04. The van der Waals surface area contributed by atoms with E-state index in [4.69, 9.17) is 0 Å².